The van der Waals surface area contributed by atoms with Crippen molar-refractivity contribution in [3.63, 3.8) is 0 Å². The maximum absolute atomic E-state index is 12.8. The van der Waals surface area contributed by atoms with Crippen LogP contribution >= 0.6 is 11.6 Å². The number of hydrogen-bond acceptors (Lipinski definition) is 2. The van der Waals surface area contributed by atoms with Gasteiger partial charge in [0.2, 0.25) is 0 Å². The van der Waals surface area contributed by atoms with E-state index >= 15 is 0 Å². The van der Waals surface area contributed by atoms with E-state index in [9.17, 15) is 4.39 Å². The molecule has 0 bridgehead atoms. The molecule has 1 heterocycles. The normalized spacial score (nSPS) is 20.3. The number of nitrogens with zero attached hydrogens (tertiary/aromatic N) is 1. The first-order chi connectivity index (χ1) is 6.27. The summed E-state index contributed by atoms with van der Waals surface area (Å²) in [5.74, 6) is -0.409. The first kappa shape index (κ1) is 8.51. The SMILES string of the molecule is Fc1ccc(C2COC=N2)cc1Cl. The molecule has 0 fully saturated rings. The van der Waals surface area contributed by atoms with E-state index in [1.54, 1.807) is 12.1 Å². The van der Waals surface area contributed by atoms with Crippen LogP contribution in [0.2, 0.25) is 5.02 Å². The fourth-order valence-corrected chi connectivity index (χ4v) is 1.38. The van der Waals surface area contributed by atoms with Gasteiger partial charge in [0.25, 0.3) is 0 Å². The van der Waals surface area contributed by atoms with E-state index in [0.29, 0.717) is 6.61 Å². The molecular formula is C9H7ClFNO. The lowest BCUT2D eigenvalue weighted by atomic mass is 10.1. The Balaban J connectivity index is 2.30. The van der Waals surface area contributed by atoms with E-state index in [1.807, 2.05) is 0 Å². The first-order valence-corrected chi connectivity index (χ1v) is 4.23. The third-order valence-corrected chi connectivity index (χ3v) is 2.19. The number of halogens is 2. The molecule has 0 amide bonds. The van der Waals surface area contributed by atoms with Crippen molar-refractivity contribution in [3.05, 3.63) is 34.6 Å². The molecule has 1 aromatic rings. The van der Waals surface area contributed by atoms with Crippen LogP contribution in [0, 0.1) is 5.82 Å². The van der Waals surface area contributed by atoms with Gasteiger partial charge in [0.05, 0.1) is 5.02 Å². The molecule has 0 aromatic heterocycles. The molecule has 1 aliphatic rings. The van der Waals surface area contributed by atoms with Crippen LogP contribution < -0.4 is 0 Å². The van der Waals surface area contributed by atoms with Crippen LogP contribution in [0.3, 0.4) is 0 Å². The minimum Gasteiger partial charge on any atom is -0.481 e. The molecule has 0 spiro atoms. The average molecular weight is 200 g/mol. The molecular weight excluding hydrogens is 193 g/mol. The second-order valence-electron chi connectivity index (χ2n) is 2.78. The summed E-state index contributed by atoms with van der Waals surface area (Å²) < 4.78 is 17.7. The summed E-state index contributed by atoms with van der Waals surface area (Å²) in [6, 6.07) is 4.54. The molecule has 68 valence electrons. The number of benzene rings is 1. The van der Waals surface area contributed by atoms with Gasteiger partial charge in [-0.15, -0.1) is 0 Å². The Morgan fingerprint density at radius 2 is 2.38 bits per heavy atom. The molecule has 2 nitrogen and oxygen atoms in total. The standard InChI is InChI=1S/C9H7ClFNO/c10-7-3-6(1-2-8(7)11)9-4-13-5-12-9/h1-3,5,9H,4H2. The Morgan fingerprint density at radius 1 is 1.54 bits per heavy atom. The molecule has 13 heavy (non-hydrogen) atoms. The summed E-state index contributed by atoms with van der Waals surface area (Å²) in [6.45, 7) is 0.502. The van der Waals surface area contributed by atoms with Crippen molar-refractivity contribution >= 4 is 18.0 Å². The Labute approximate surface area is 80.0 Å². The van der Waals surface area contributed by atoms with Crippen LogP contribution in [0.1, 0.15) is 11.6 Å². The van der Waals surface area contributed by atoms with Crippen molar-refractivity contribution in [1.82, 2.24) is 0 Å². The molecule has 1 atom stereocenters. The molecule has 0 saturated heterocycles. The summed E-state index contributed by atoms with van der Waals surface area (Å²) in [4.78, 5) is 4.05. The van der Waals surface area contributed by atoms with Gasteiger partial charge in [0, 0.05) is 0 Å². The van der Waals surface area contributed by atoms with E-state index < -0.39 is 5.82 Å². The quantitative estimate of drug-likeness (QED) is 0.681. The number of hydrogen-bond donors (Lipinski definition) is 0. The van der Waals surface area contributed by atoms with Crippen molar-refractivity contribution in [2.75, 3.05) is 6.61 Å². The average Bonchev–Trinajstić information content (AvgIpc) is 2.62. The van der Waals surface area contributed by atoms with Crippen molar-refractivity contribution in [3.8, 4) is 0 Å². The van der Waals surface area contributed by atoms with Gasteiger partial charge < -0.3 is 4.74 Å². The lowest BCUT2D eigenvalue weighted by Gasteiger charge is -2.05. The Bertz CT molecular complexity index is 353. The lowest BCUT2D eigenvalue weighted by Crippen LogP contribution is -1.97. The predicted octanol–water partition coefficient (Wildman–Crippen LogP) is 2.58. The molecule has 1 aliphatic heterocycles. The largest absolute Gasteiger partial charge is 0.481 e. The first-order valence-electron chi connectivity index (χ1n) is 3.85. The summed E-state index contributed by atoms with van der Waals surface area (Å²) >= 11 is 5.62. The number of rotatable bonds is 1. The van der Waals surface area contributed by atoms with E-state index in [1.165, 1.54) is 12.5 Å². The Morgan fingerprint density at radius 3 is 3.00 bits per heavy atom. The van der Waals surface area contributed by atoms with Gasteiger partial charge in [-0.25, -0.2) is 9.38 Å². The van der Waals surface area contributed by atoms with E-state index in [-0.39, 0.29) is 11.1 Å². The highest BCUT2D eigenvalue weighted by Gasteiger charge is 2.15. The van der Waals surface area contributed by atoms with Gasteiger partial charge in [0.1, 0.15) is 18.5 Å². The number of aliphatic imine (C=N–C) groups is 1. The molecule has 4 heteroatoms. The zero-order chi connectivity index (χ0) is 9.26. The minimum atomic E-state index is -0.409. The van der Waals surface area contributed by atoms with Gasteiger partial charge >= 0.3 is 0 Å². The second-order valence-corrected chi connectivity index (χ2v) is 3.18. The summed E-state index contributed by atoms with van der Waals surface area (Å²) in [6.07, 6.45) is 1.40. The van der Waals surface area contributed by atoms with Crippen molar-refractivity contribution < 1.29 is 9.13 Å². The van der Waals surface area contributed by atoms with Crippen LogP contribution in [-0.4, -0.2) is 13.0 Å². The third-order valence-electron chi connectivity index (χ3n) is 1.90. The van der Waals surface area contributed by atoms with Crippen molar-refractivity contribution in [2.45, 2.75) is 6.04 Å². The monoisotopic (exact) mass is 199 g/mol. The van der Waals surface area contributed by atoms with Crippen LogP contribution in [0.4, 0.5) is 4.39 Å². The van der Waals surface area contributed by atoms with Crippen LogP contribution in [-0.2, 0) is 4.74 Å². The Kier molecular flexibility index (Phi) is 2.19. The molecule has 1 unspecified atom stereocenters. The fraction of sp³-hybridized carbons (Fsp3) is 0.222. The highest BCUT2D eigenvalue weighted by atomic mass is 35.5. The lowest BCUT2D eigenvalue weighted by molar-refractivity contribution is 0.330. The van der Waals surface area contributed by atoms with E-state index in [4.69, 9.17) is 16.3 Å². The van der Waals surface area contributed by atoms with Crippen LogP contribution in [0.25, 0.3) is 0 Å². The van der Waals surface area contributed by atoms with Crippen LogP contribution in [0.5, 0.6) is 0 Å². The minimum absolute atomic E-state index is 0.0434. The maximum Gasteiger partial charge on any atom is 0.170 e. The van der Waals surface area contributed by atoms with Crippen molar-refractivity contribution in [2.24, 2.45) is 4.99 Å². The van der Waals surface area contributed by atoms with Crippen molar-refractivity contribution in [1.29, 1.82) is 0 Å². The highest BCUT2D eigenvalue weighted by molar-refractivity contribution is 6.30. The molecule has 0 radical (unpaired) electrons. The smallest absolute Gasteiger partial charge is 0.170 e. The molecule has 2 rings (SSSR count). The summed E-state index contributed by atoms with van der Waals surface area (Å²) in [7, 11) is 0. The topological polar surface area (TPSA) is 21.6 Å². The predicted molar refractivity (Wildman–Crippen MR) is 48.6 cm³/mol. The molecule has 0 N–H and O–H groups in total. The summed E-state index contributed by atoms with van der Waals surface area (Å²) in [5, 5.41) is 0.125. The molecule has 0 aliphatic carbocycles. The van der Waals surface area contributed by atoms with Gasteiger partial charge in [-0.1, -0.05) is 17.7 Å². The van der Waals surface area contributed by atoms with Gasteiger partial charge in [0.15, 0.2) is 6.40 Å². The maximum atomic E-state index is 12.8. The fourth-order valence-electron chi connectivity index (χ4n) is 1.20. The van der Waals surface area contributed by atoms with Gasteiger partial charge in [-0.2, -0.15) is 0 Å². The second kappa shape index (κ2) is 3.34. The zero-order valence-electron chi connectivity index (χ0n) is 6.71. The number of ether oxygens (including phenoxy) is 1. The molecule has 1 aromatic carbocycles. The highest BCUT2D eigenvalue weighted by Crippen LogP contribution is 2.24. The molecule has 0 saturated carbocycles. The van der Waals surface area contributed by atoms with E-state index in [0.717, 1.165) is 5.56 Å². The van der Waals surface area contributed by atoms with Crippen LogP contribution in [0.15, 0.2) is 23.2 Å². The summed E-state index contributed by atoms with van der Waals surface area (Å²) in [5.41, 5.74) is 0.875. The van der Waals surface area contributed by atoms with Gasteiger partial charge in [-0.05, 0) is 17.7 Å². The van der Waals surface area contributed by atoms with Gasteiger partial charge in [-0.3, -0.25) is 0 Å². The third kappa shape index (κ3) is 1.65. The zero-order valence-corrected chi connectivity index (χ0v) is 7.46. The Hall–Kier alpha value is -1.09. The van der Waals surface area contributed by atoms with E-state index in [2.05, 4.69) is 4.99 Å².